The lowest BCUT2D eigenvalue weighted by Gasteiger charge is -2.27. The lowest BCUT2D eigenvalue weighted by molar-refractivity contribution is -0.126. The number of benzene rings is 1. The molecular weight excluding hydrogens is 297 g/mol. The summed E-state index contributed by atoms with van der Waals surface area (Å²) in [5, 5.41) is 8.96. The zero-order valence-corrected chi connectivity index (χ0v) is 13.4. The van der Waals surface area contributed by atoms with Crippen LogP contribution in [0.25, 0.3) is 0 Å². The van der Waals surface area contributed by atoms with Gasteiger partial charge < -0.3 is 16.0 Å². The molecule has 1 fully saturated rings. The molecule has 6 heteroatoms. The van der Waals surface area contributed by atoms with Crippen molar-refractivity contribution >= 4 is 11.8 Å². The normalized spacial score (nSPS) is 20.8. The van der Waals surface area contributed by atoms with Gasteiger partial charge in [-0.1, -0.05) is 6.07 Å². The van der Waals surface area contributed by atoms with E-state index in [2.05, 4.69) is 22.9 Å². The highest BCUT2D eigenvalue weighted by molar-refractivity contribution is 5.94. The topological polar surface area (TPSA) is 70.2 Å². The van der Waals surface area contributed by atoms with Crippen molar-refractivity contribution in [1.29, 1.82) is 0 Å². The van der Waals surface area contributed by atoms with Gasteiger partial charge in [-0.25, -0.2) is 4.39 Å². The minimum Gasteiger partial charge on any atom is -0.356 e. The Bertz CT molecular complexity index is 550. The van der Waals surface area contributed by atoms with Gasteiger partial charge in [0.1, 0.15) is 5.82 Å². The molecule has 0 bridgehead atoms. The molecule has 0 radical (unpaired) electrons. The third-order valence-corrected chi connectivity index (χ3v) is 4.02. The number of carbonyl (C=O) groups is 2. The third kappa shape index (κ3) is 5.63. The van der Waals surface area contributed by atoms with Crippen molar-refractivity contribution in [3.63, 3.8) is 0 Å². The van der Waals surface area contributed by atoms with E-state index >= 15 is 0 Å². The Morgan fingerprint density at radius 3 is 2.83 bits per heavy atom. The second-order valence-electron chi connectivity index (χ2n) is 5.99. The van der Waals surface area contributed by atoms with Crippen LogP contribution in [0, 0.1) is 11.7 Å². The maximum absolute atomic E-state index is 13.0. The molecule has 0 saturated carbocycles. The van der Waals surface area contributed by atoms with Gasteiger partial charge in [-0.2, -0.15) is 0 Å². The van der Waals surface area contributed by atoms with E-state index in [1.54, 1.807) is 6.07 Å². The van der Waals surface area contributed by atoms with Crippen LogP contribution in [-0.4, -0.2) is 37.5 Å². The van der Waals surface area contributed by atoms with Crippen molar-refractivity contribution < 1.29 is 14.0 Å². The highest BCUT2D eigenvalue weighted by atomic mass is 19.1. The zero-order valence-electron chi connectivity index (χ0n) is 13.4. The van der Waals surface area contributed by atoms with Crippen LogP contribution in [0.5, 0.6) is 0 Å². The Morgan fingerprint density at radius 1 is 1.30 bits per heavy atom. The molecule has 23 heavy (non-hydrogen) atoms. The van der Waals surface area contributed by atoms with E-state index in [0.717, 1.165) is 19.4 Å². The average Bonchev–Trinajstić information content (AvgIpc) is 2.54. The summed E-state index contributed by atoms with van der Waals surface area (Å²) in [6.07, 6.45) is 2.38. The molecular formula is C17H24FN3O2. The monoisotopic (exact) mass is 321 g/mol. The van der Waals surface area contributed by atoms with Crippen LogP contribution in [0.3, 0.4) is 0 Å². The molecule has 1 aliphatic rings. The lowest BCUT2D eigenvalue weighted by Crippen LogP contribution is -2.42. The molecule has 1 saturated heterocycles. The number of piperidine rings is 1. The second-order valence-corrected chi connectivity index (χ2v) is 5.99. The summed E-state index contributed by atoms with van der Waals surface area (Å²) in [4.78, 5) is 23.8. The maximum Gasteiger partial charge on any atom is 0.251 e. The molecule has 2 rings (SSSR count). The molecule has 1 aliphatic heterocycles. The Hall–Kier alpha value is -1.95. The highest BCUT2D eigenvalue weighted by Crippen LogP contribution is 2.15. The Balaban J connectivity index is 1.62. The van der Waals surface area contributed by atoms with Crippen LogP contribution in [0.15, 0.2) is 24.3 Å². The SMILES string of the molecule is C[C@H]1C[C@@H](C(=O)NCCCNC(=O)c2cccc(F)c2)CCN1. The predicted molar refractivity (Wildman–Crippen MR) is 86.5 cm³/mol. The first-order chi connectivity index (χ1) is 11.1. The van der Waals surface area contributed by atoms with Gasteiger partial charge in [0.25, 0.3) is 5.91 Å². The van der Waals surface area contributed by atoms with Gasteiger partial charge in [-0.3, -0.25) is 9.59 Å². The van der Waals surface area contributed by atoms with E-state index in [0.29, 0.717) is 31.1 Å². The maximum atomic E-state index is 13.0. The first kappa shape index (κ1) is 17.4. The molecule has 0 aliphatic carbocycles. The zero-order chi connectivity index (χ0) is 16.7. The quantitative estimate of drug-likeness (QED) is 0.695. The minimum atomic E-state index is -0.430. The number of rotatable bonds is 6. The minimum absolute atomic E-state index is 0.0770. The number of amides is 2. The molecule has 0 spiro atoms. The van der Waals surface area contributed by atoms with E-state index in [4.69, 9.17) is 0 Å². The van der Waals surface area contributed by atoms with Crippen molar-refractivity contribution in [3.8, 4) is 0 Å². The van der Waals surface area contributed by atoms with Crippen molar-refractivity contribution in [2.75, 3.05) is 19.6 Å². The van der Waals surface area contributed by atoms with E-state index in [1.165, 1.54) is 18.2 Å². The molecule has 2 amide bonds. The Morgan fingerprint density at radius 2 is 2.09 bits per heavy atom. The lowest BCUT2D eigenvalue weighted by atomic mass is 9.92. The van der Waals surface area contributed by atoms with Crippen molar-refractivity contribution in [1.82, 2.24) is 16.0 Å². The van der Waals surface area contributed by atoms with Crippen molar-refractivity contribution in [3.05, 3.63) is 35.6 Å². The second kappa shape index (κ2) is 8.62. The van der Waals surface area contributed by atoms with Crippen molar-refractivity contribution in [2.24, 2.45) is 5.92 Å². The molecule has 5 nitrogen and oxygen atoms in total. The van der Waals surface area contributed by atoms with Crippen LogP contribution in [0.2, 0.25) is 0 Å². The molecule has 0 aromatic heterocycles. The number of carbonyl (C=O) groups excluding carboxylic acids is 2. The van der Waals surface area contributed by atoms with E-state index < -0.39 is 5.82 Å². The van der Waals surface area contributed by atoms with Gasteiger partial charge in [0.15, 0.2) is 0 Å². The van der Waals surface area contributed by atoms with Gasteiger partial charge in [0.2, 0.25) is 5.91 Å². The summed E-state index contributed by atoms with van der Waals surface area (Å²) in [6.45, 7) is 3.93. The van der Waals surface area contributed by atoms with E-state index in [9.17, 15) is 14.0 Å². The smallest absolute Gasteiger partial charge is 0.251 e. The van der Waals surface area contributed by atoms with Crippen LogP contribution in [0.1, 0.15) is 36.5 Å². The molecule has 0 unspecified atom stereocenters. The Kier molecular flexibility index (Phi) is 6.52. The fourth-order valence-electron chi connectivity index (χ4n) is 2.75. The fraction of sp³-hybridized carbons (Fsp3) is 0.529. The highest BCUT2D eigenvalue weighted by Gasteiger charge is 2.24. The molecule has 1 heterocycles. The molecule has 1 aromatic carbocycles. The van der Waals surface area contributed by atoms with E-state index in [1.807, 2.05) is 0 Å². The van der Waals surface area contributed by atoms with Gasteiger partial charge in [0.05, 0.1) is 0 Å². The number of hydrogen-bond donors (Lipinski definition) is 3. The molecule has 3 N–H and O–H groups in total. The fourth-order valence-corrected chi connectivity index (χ4v) is 2.75. The summed E-state index contributed by atoms with van der Waals surface area (Å²) >= 11 is 0. The van der Waals surface area contributed by atoms with Gasteiger partial charge in [-0.05, 0) is 50.9 Å². The molecule has 2 atom stereocenters. The summed E-state index contributed by atoms with van der Waals surface area (Å²) in [7, 11) is 0. The summed E-state index contributed by atoms with van der Waals surface area (Å²) in [5.41, 5.74) is 0.303. The number of hydrogen-bond acceptors (Lipinski definition) is 3. The summed E-state index contributed by atoms with van der Waals surface area (Å²) in [6, 6.07) is 5.96. The predicted octanol–water partition coefficient (Wildman–Crippen LogP) is 1.45. The number of halogens is 1. The molecule has 126 valence electrons. The van der Waals surface area contributed by atoms with E-state index in [-0.39, 0.29) is 17.7 Å². The largest absolute Gasteiger partial charge is 0.356 e. The van der Waals surface area contributed by atoms with Gasteiger partial charge in [0, 0.05) is 30.6 Å². The summed E-state index contributed by atoms with van der Waals surface area (Å²) in [5.74, 6) is -0.563. The summed E-state index contributed by atoms with van der Waals surface area (Å²) < 4.78 is 13.0. The van der Waals surface area contributed by atoms with Crippen LogP contribution >= 0.6 is 0 Å². The first-order valence-corrected chi connectivity index (χ1v) is 8.11. The van der Waals surface area contributed by atoms with Gasteiger partial charge >= 0.3 is 0 Å². The first-order valence-electron chi connectivity index (χ1n) is 8.11. The van der Waals surface area contributed by atoms with Gasteiger partial charge in [-0.15, -0.1) is 0 Å². The molecule has 1 aromatic rings. The van der Waals surface area contributed by atoms with Crippen LogP contribution in [-0.2, 0) is 4.79 Å². The van der Waals surface area contributed by atoms with Crippen LogP contribution in [0.4, 0.5) is 4.39 Å². The van der Waals surface area contributed by atoms with Crippen LogP contribution < -0.4 is 16.0 Å². The van der Waals surface area contributed by atoms with Crippen molar-refractivity contribution in [2.45, 2.75) is 32.2 Å². The Labute approximate surface area is 136 Å². The third-order valence-electron chi connectivity index (χ3n) is 4.02. The number of nitrogens with one attached hydrogen (secondary N) is 3. The average molecular weight is 321 g/mol. The standard InChI is InChI=1S/C17H24FN3O2/c1-12-10-14(6-9-19-12)17(23)21-8-3-7-20-16(22)13-4-2-5-15(18)11-13/h2,4-5,11-12,14,19H,3,6-10H2,1H3,(H,20,22)(H,21,23)/t12-,14-/m0/s1.